The monoisotopic (exact) mass is 185 g/mol. The van der Waals surface area contributed by atoms with Crippen LogP contribution in [-0.4, -0.2) is 37.6 Å². The molecule has 1 heterocycles. The Morgan fingerprint density at radius 1 is 1.54 bits per heavy atom. The lowest BCUT2D eigenvalue weighted by Crippen LogP contribution is -2.50. The van der Waals surface area contributed by atoms with Crippen LogP contribution in [0.1, 0.15) is 26.2 Å². The van der Waals surface area contributed by atoms with Gasteiger partial charge in [0.25, 0.3) is 0 Å². The minimum atomic E-state index is 0.316. The van der Waals surface area contributed by atoms with Crippen LogP contribution in [0.2, 0.25) is 0 Å². The van der Waals surface area contributed by atoms with Gasteiger partial charge in [-0.25, -0.2) is 0 Å². The lowest BCUT2D eigenvalue weighted by Gasteiger charge is -2.39. The molecule has 3 heteroatoms. The van der Waals surface area contributed by atoms with Crippen LogP contribution in [0.15, 0.2) is 0 Å². The summed E-state index contributed by atoms with van der Waals surface area (Å²) in [5.41, 5.74) is 0. The van der Waals surface area contributed by atoms with Crippen molar-refractivity contribution in [2.45, 2.75) is 26.2 Å². The topological polar surface area (TPSA) is 29.5 Å². The maximum Gasteiger partial charge on any atom is 0.222 e. The molecule has 0 N–H and O–H groups in total. The number of likely N-dealkylation sites (tertiary alicyclic amines) is 1. The van der Waals surface area contributed by atoms with Crippen molar-refractivity contribution < 1.29 is 9.53 Å². The van der Waals surface area contributed by atoms with Crippen LogP contribution >= 0.6 is 0 Å². The van der Waals surface area contributed by atoms with Gasteiger partial charge >= 0.3 is 0 Å². The molecule has 1 saturated heterocycles. The summed E-state index contributed by atoms with van der Waals surface area (Å²) in [6, 6.07) is 0. The maximum absolute atomic E-state index is 11.3. The van der Waals surface area contributed by atoms with Gasteiger partial charge in [-0.3, -0.25) is 4.79 Å². The number of nitrogens with zero attached hydrogens (tertiary/aromatic N) is 1. The fraction of sp³-hybridized carbons (Fsp3) is 0.900. The predicted molar refractivity (Wildman–Crippen MR) is 51.5 cm³/mol. The van der Waals surface area contributed by atoms with Crippen molar-refractivity contribution >= 4 is 5.91 Å². The largest absolute Gasteiger partial charge is 0.385 e. The Kier molecular flexibility index (Phi) is 4.22. The third-order valence-electron chi connectivity index (χ3n) is 2.50. The first-order chi connectivity index (χ1) is 6.27. The standard InChI is InChI=1S/C10H19NO2/c1-3-4-10(12)11-7-9(8-11)5-6-13-2/h9H,3-8H2,1-2H3. The number of methoxy groups -OCH3 is 1. The summed E-state index contributed by atoms with van der Waals surface area (Å²) in [7, 11) is 1.72. The van der Waals surface area contributed by atoms with E-state index in [0.717, 1.165) is 32.5 Å². The number of hydrogen-bond donors (Lipinski definition) is 0. The number of carbonyl (C=O) groups excluding carboxylic acids is 1. The van der Waals surface area contributed by atoms with Crippen molar-refractivity contribution in [1.29, 1.82) is 0 Å². The van der Waals surface area contributed by atoms with Crippen LogP contribution in [0.3, 0.4) is 0 Å². The molecule has 0 aromatic rings. The zero-order chi connectivity index (χ0) is 9.68. The Hall–Kier alpha value is -0.570. The highest BCUT2D eigenvalue weighted by molar-refractivity contribution is 5.76. The maximum atomic E-state index is 11.3. The van der Waals surface area contributed by atoms with Gasteiger partial charge in [0.15, 0.2) is 0 Å². The van der Waals surface area contributed by atoms with E-state index in [4.69, 9.17) is 4.74 Å². The Labute approximate surface area is 80.1 Å². The third kappa shape index (κ3) is 2.99. The Balaban J connectivity index is 2.07. The van der Waals surface area contributed by atoms with E-state index in [1.54, 1.807) is 7.11 Å². The van der Waals surface area contributed by atoms with Crippen LogP contribution in [0, 0.1) is 5.92 Å². The van der Waals surface area contributed by atoms with Crippen molar-refractivity contribution in [3.05, 3.63) is 0 Å². The van der Waals surface area contributed by atoms with Crippen molar-refractivity contribution in [2.75, 3.05) is 26.8 Å². The number of ether oxygens (including phenoxy) is 1. The fourth-order valence-corrected chi connectivity index (χ4v) is 1.61. The smallest absolute Gasteiger partial charge is 0.222 e. The normalized spacial score (nSPS) is 17.2. The SMILES string of the molecule is CCCC(=O)N1CC(CCOC)C1. The van der Waals surface area contributed by atoms with Crippen LogP contribution < -0.4 is 0 Å². The lowest BCUT2D eigenvalue weighted by atomic mass is 9.96. The number of rotatable bonds is 5. The van der Waals surface area contributed by atoms with Crippen molar-refractivity contribution in [1.82, 2.24) is 4.90 Å². The van der Waals surface area contributed by atoms with Crippen LogP contribution in [0.25, 0.3) is 0 Å². The molecule has 1 amide bonds. The van der Waals surface area contributed by atoms with Gasteiger partial charge in [-0.1, -0.05) is 6.92 Å². The first kappa shape index (κ1) is 10.5. The van der Waals surface area contributed by atoms with Gasteiger partial charge in [0.05, 0.1) is 0 Å². The van der Waals surface area contributed by atoms with Crippen LogP contribution in [0.5, 0.6) is 0 Å². The molecule has 1 rings (SSSR count). The lowest BCUT2D eigenvalue weighted by molar-refractivity contribution is -0.137. The van der Waals surface area contributed by atoms with Gasteiger partial charge in [-0.05, 0) is 18.8 Å². The van der Waals surface area contributed by atoms with Gasteiger partial charge in [0.2, 0.25) is 5.91 Å². The molecule has 3 nitrogen and oxygen atoms in total. The van der Waals surface area contributed by atoms with E-state index >= 15 is 0 Å². The summed E-state index contributed by atoms with van der Waals surface area (Å²) in [5, 5.41) is 0. The molecule has 0 aromatic heterocycles. The number of carbonyl (C=O) groups is 1. The Bertz CT molecular complexity index is 164. The van der Waals surface area contributed by atoms with E-state index in [9.17, 15) is 4.79 Å². The van der Waals surface area contributed by atoms with Gasteiger partial charge in [-0.15, -0.1) is 0 Å². The molecule has 0 bridgehead atoms. The van der Waals surface area contributed by atoms with Crippen LogP contribution in [0.4, 0.5) is 0 Å². The summed E-state index contributed by atoms with van der Waals surface area (Å²) < 4.78 is 4.99. The molecule has 0 radical (unpaired) electrons. The second-order valence-corrected chi connectivity index (χ2v) is 3.70. The first-order valence-corrected chi connectivity index (χ1v) is 5.04. The summed E-state index contributed by atoms with van der Waals surface area (Å²) in [6.07, 6.45) is 2.75. The molecule has 13 heavy (non-hydrogen) atoms. The van der Waals surface area contributed by atoms with Crippen molar-refractivity contribution in [2.24, 2.45) is 5.92 Å². The highest BCUT2D eigenvalue weighted by Crippen LogP contribution is 2.19. The zero-order valence-electron chi connectivity index (χ0n) is 8.58. The minimum Gasteiger partial charge on any atom is -0.385 e. The van der Waals surface area contributed by atoms with E-state index in [-0.39, 0.29) is 0 Å². The van der Waals surface area contributed by atoms with E-state index < -0.39 is 0 Å². The predicted octanol–water partition coefficient (Wildman–Crippen LogP) is 1.28. The molecular weight excluding hydrogens is 166 g/mol. The van der Waals surface area contributed by atoms with E-state index in [2.05, 4.69) is 0 Å². The van der Waals surface area contributed by atoms with E-state index in [1.807, 2.05) is 11.8 Å². The van der Waals surface area contributed by atoms with Gasteiger partial charge in [-0.2, -0.15) is 0 Å². The Morgan fingerprint density at radius 2 is 2.23 bits per heavy atom. The summed E-state index contributed by atoms with van der Waals surface area (Å²) in [4.78, 5) is 13.3. The van der Waals surface area contributed by atoms with Gasteiger partial charge < -0.3 is 9.64 Å². The molecular formula is C10H19NO2. The molecule has 0 aromatic carbocycles. The molecule has 0 aliphatic carbocycles. The molecule has 0 atom stereocenters. The molecule has 1 aliphatic rings. The molecule has 1 aliphatic heterocycles. The Morgan fingerprint density at radius 3 is 2.77 bits per heavy atom. The molecule has 0 unspecified atom stereocenters. The van der Waals surface area contributed by atoms with E-state index in [0.29, 0.717) is 18.2 Å². The van der Waals surface area contributed by atoms with Crippen molar-refractivity contribution in [3.63, 3.8) is 0 Å². The molecule has 0 saturated carbocycles. The first-order valence-electron chi connectivity index (χ1n) is 5.04. The fourth-order valence-electron chi connectivity index (χ4n) is 1.61. The third-order valence-corrected chi connectivity index (χ3v) is 2.50. The van der Waals surface area contributed by atoms with Crippen LogP contribution in [-0.2, 0) is 9.53 Å². The average Bonchev–Trinajstić information content (AvgIpc) is 2.02. The van der Waals surface area contributed by atoms with Crippen molar-refractivity contribution in [3.8, 4) is 0 Å². The molecule has 0 spiro atoms. The second-order valence-electron chi connectivity index (χ2n) is 3.70. The highest BCUT2D eigenvalue weighted by atomic mass is 16.5. The van der Waals surface area contributed by atoms with Gasteiger partial charge in [0, 0.05) is 33.2 Å². The zero-order valence-corrected chi connectivity index (χ0v) is 8.58. The average molecular weight is 185 g/mol. The number of hydrogen-bond acceptors (Lipinski definition) is 2. The minimum absolute atomic E-state index is 0.316. The second kappa shape index (κ2) is 5.22. The van der Waals surface area contributed by atoms with E-state index in [1.165, 1.54) is 0 Å². The summed E-state index contributed by atoms with van der Waals surface area (Å²) in [5.74, 6) is 0.997. The summed E-state index contributed by atoms with van der Waals surface area (Å²) in [6.45, 7) is 4.75. The molecule has 76 valence electrons. The highest BCUT2D eigenvalue weighted by Gasteiger charge is 2.29. The quantitative estimate of drug-likeness (QED) is 0.645. The molecule has 1 fully saturated rings. The number of amides is 1. The summed E-state index contributed by atoms with van der Waals surface area (Å²) >= 11 is 0. The van der Waals surface area contributed by atoms with Gasteiger partial charge in [0.1, 0.15) is 0 Å².